The SMILES string of the molecule is O=CCCC(NC=O)C(=O)O. The molecule has 1 amide bonds. The maximum absolute atomic E-state index is 10.3. The molecule has 0 aliphatic carbocycles. The Morgan fingerprint density at radius 3 is 2.55 bits per heavy atom. The van der Waals surface area contributed by atoms with Gasteiger partial charge < -0.3 is 15.2 Å². The molecule has 1 unspecified atom stereocenters. The third-order valence-electron chi connectivity index (χ3n) is 1.14. The zero-order valence-electron chi connectivity index (χ0n) is 5.82. The molecule has 5 nitrogen and oxygen atoms in total. The molecule has 0 aromatic carbocycles. The van der Waals surface area contributed by atoms with Gasteiger partial charge >= 0.3 is 5.97 Å². The summed E-state index contributed by atoms with van der Waals surface area (Å²) in [5, 5.41) is 10.5. The number of aldehydes is 1. The first kappa shape index (κ1) is 9.61. The average Bonchev–Trinajstić information content (AvgIpc) is 1.97. The highest BCUT2D eigenvalue weighted by atomic mass is 16.4. The van der Waals surface area contributed by atoms with Gasteiger partial charge in [0.15, 0.2) is 0 Å². The molecule has 0 bridgehead atoms. The summed E-state index contributed by atoms with van der Waals surface area (Å²) in [7, 11) is 0. The molecule has 5 heteroatoms. The van der Waals surface area contributed by atoms with Crippen molar-refractivity contribution in [2.24, 2.45) is 0 Å². The highest BCUT2D eigenvalue weighted by molar-refractivity contribution is 5.76. The van der Waals surface area contributed by atoms with E-state index in [-0.39, 0.29) is 12.8 Å². The average molecular weight is 159 g/mol. The summed E-state index contributed by atoms with van der Waals surface area (Å²) in [5.41, 5.74) is 0. The van der Waals surface area contributed by atoms with Gasteiger partial charge in [-0.3, -0.25) is 4.79 Å². The highest BCUT2D eigenvalue weighted by Gasteiger charge is 2.14. The van der Waals surface area contributed by atoms with Crippen LogP contribution >= 0.6 is 0 Å². The van der Waals surface area contributed by atoms with Gasteiger partial charge in [0.1, 0.15) is 12.3 Å². The van der Waals surface area contributed by atoms with E-state index in [0.717, 1.165) is 0 Å². The lowest BCUT2D eigenvalue weighted by Gasteiger charge is -2.07. The van der Waals surface area contributed by atoms with E-state index in [2.05, 4.69) is 5.32 Å². The van der Waals surface area contributed by atoms with Crippen molar-refractivity contribution in [2.75, 3.05) is 0 Å². The maximum Gasteiger partial charge on any atom is 0.326 e. The molecular weight excluding hydrogens is 150 g/mol. The van der Waals surface area contributed by atoms with E-state index >= 15 is 0 Å². The van der Waals surface area contributed by atoms with Crippen LogP contribution in [0.2, 0.25) is 0 Å². The Morgan fingerprint density at radius 2 is 2.18 bits per heavy atom. The van der Waals surface area contributed by atoms with Gasteiger partial charge in [-0.25, -0.2) is 4.79 Å². The number of hydrogen-bond acceptors (Lipinski definition) is 3. The lowest BCUT2D eigenvalue weighted by Crippen LogP contribution is -2.35. The Kier molecular flexibility index (Phi) is 4.72. The molecule has 0 fully saturated rings. The van der Waals surface area contributed by atoms with Crippen molar-refractivity contribution in [1.29, 1.82) is 0 Å². The standard InChI is InChI=1S/C6H9NO4/c8-3-1-2-5(6(10)11)7-4-9/h3-5H,1-2H2,(H,7,9)(H,10,11). The van der Waals surface area contributed by atoms with E-state index in [1.54, 1.807) is 0 Å². The summed E-state index contributed by atoms with van der Waals surface area (Å²) in [5.74, 6) is -1.13. The van der Waals surface area contributed by atoms with Crippen LogP contribution < -0.4 is 5.32 Å². The van der Waals surface area contributed by atoms with Crippen molar-refractivity contribution in [2.45, 2.75) is 18.9 Å². The van der Waals surface area contributed by atoms with Crippen molar-refractivity contribution in [3.05, 3.63) is 0 Å². The molecule has 0 rings (SSSR count). The normalized spacial score (nSPS) is 11.6. The Hall–Kier alpha value is -1.39. The van der Waals surface area contributed by atoms with E-state index in [9.17, 15) is 14.4 Å². The molecule has 0 aromatic heterocycles. The third-order valence-corrected chi connectivity index (χ3v) is 1.14. The second-order valence-corrected chi connectivity index (χ2v) is 1.92. The quantitative estimate of drug-likeness (QED) is 0.495. The minimum absolute atomic E-state index is 0.136. The lowest BCUT2D eigenvalue weighted by molar-refractivity contribution is -0.140. The van der Waals surface area contributed by atoms with E-state index < -0.39 is 12.0 Å². The molecule has 2 N–H and O–H groups in total. The zero-order valence-corrected chi connectivity index (χ0v) is 5.82. The van der Waals surface area contributed by atoms with Gasteiger partial charge in [-0.2, -0.15) is 0 Å². The van der Waals surface area contributed by atoms with E-state index in [1.165, 1.54) is 0 Å². The Labute approximate surface area is 63.4 Å². The summed E-state index contributed by atoms with van der Waals surface area (Å²) in [6.45, 7) is 0. The first-order chi connectivity index (χ1) is 5.22. The molecule has 0 saturated heterocycles. The molecule has 0 radical (unpaired) electrons. The van der Waals surface area contributed by atoms with Crippen LogP contribution in [0, 0.1) is 0 Å². The van der Waals surface area contributed by atoms with Crippen molar-refractivity contribution in [1.82, 2.24) is 5.32 Å². The predicted molar refractivity (Wildman–Crippen MR) is 35.9 cm³/mol. The molecular formula is C6H9NO4. The molecule has 0 aliphatic rings. The molecule has 62 valence electrons. The molecule has 0 saturated carbocycles. The van der Waals surface area contributed by atoms with E-state index in [1.807, 2.05) is 0 Å². The molecule has 0 spiro atoms. The van der Waals surface area contributed by atoms with E-state index in [4.69, 9.17) is 5.11 Å². The smallest absolute Gasteiger partial charge is 0.326 e. The molecule has 11 heavy (non-hydrogen) atoms. The number of carbonyl (C=O) groups is 3. The topological polar surface area (TPSA) is 83.5 Å². The predicted octanol–water partition coefficient (Wildman–Crippen LogP) is -0.835. The fourth-order valence-corrected chi connectivity index (χ4v) is 0.595. The zero-order chi connectivity index (χ0) is 8.69. The summed E-state index contributed by atoms with van der Waals surface area (Å²) in [6, 6.07) is -0.947. The number of nitrogens with one attached hydrogen (secondary N) is 1. The monoisotopic (exact) mass is 159 g/mol. The minimum Gasteiger partial charge on any atom is -0.480 e. The van der Waals surface area contributed by atoms with Crippen LogP contribution in [-0.2, 0) is 14.4 Å². The van der Waals surface area contributed by atoms with Crippen molar-refractivity contribution in [3.63, 3.8) is 0 Å². The largest absolute Gasteiger partial charge is 0.480 e. The Bertz CT molecular complexity index is 157. The lowest BCUT2D eigenvalue weighted by atomic mass is 10.2. The number of carbonyl (C=O) groups excluding carboxylic acids is 2. The number of aliphatic carboxylic acids is 1. The molecule has 0 aromatic rings. The van der Waals surface area contributed by atoms with E-state index in [0.29, 0.717) is 12.7 Å². The number of hydrogen-bond donors (Lipinski definition) is 2. The Morgan fingerprint density at radius 1 is 1.55 bits per heavy atom. The molecule has 1 atom stereocenters. The van der Waals surface area contributed by atoms with Gasteiger partial charge in [-0.05, 0) is 6.42 Å². The van der Waals surface area contributed by atoms with Gasteiger partial charge in [-0.15, -0.1) is 0 Å². The van der Waals surface area contributed by atoms with Gasteiger partial charge in [-0.1, -0.05) is 0 Å². The van der Waals surface area contributed by atoms with Gasteiger partial charge in [0.05, 0.1) is 0 Å². The van der Waals surface area contributed by atoms with Crippen LogP contribution in [0.25, 0.3) is 0 Å². The van der Waals surface area contributed by atoms with Crippen molar-refractivity contribution in [3.8, 4) is 0 Å². The third kappa shape index (κ3) is 4.07. The summed E-state index contributed by atoms with van der Waals surface area (Å²) in [6.07, 6.45) is 1.20. The number of amides is 1. The fraction of sp³-hybridized carbons (Fsp3) is 0.500. The van der Waals surface area contributed by atoms with Crippen LogP contribution in [0.4, 0.5) is 0 Å². The van der Waals surface area contributed by atoms with Gasteiger partial charge in [0.25, 0.3) is 0 Å². The van der Waals surface area contributed by atoms with Crippen molar-refractivity contribution >= 4 is 18.7 Å². The van der Waals surface area contributed by atoms with Crippen LogP contribution in [0.3, 0.4) is 0 Å². The number of rotatable bonds is 6. The number of carboxylic acid groups (broad SMARTS) is 1. The second-order valence-electron chi connectivity index (χ2n) is 1.92. The number of carboxylic acids is 1. The first-order valence-corrected chi connectivity index (χ1v) is 3.08. The molecule has 0 heterocycles. The van der Waals surface area contributed by atoms with Gasteiger partial charge in [0.2, 0.25) is 6.41 Å². The second kappa shape index (κ2) is 5.40. The minimum atomic E-state index is -1.13. The van der Waals surface area contributed by atoms with Crippen LogP contribution in [0.15, 0.2) is 0 Å². The fourth-order valence-electron chi connectivity index (χ4n) is 0.595. The maximum atomic E-state index is 10.3. The van der Waals surface area contributed by atoms with Gasteiger partial charge in [0, 0.05) is 6.42 Å². The summed E-state index contributed by atoms with van der Waals surface area (Å²) >= 11 is 0. The summed E-state index contributed by atoms with van der Waals surface area (Å²) < 4.78 is 0. The van der Waals surface area contributed by atoms with Crippen LogP contribution in [0.5, 0.6) is 0 Å². The molecule has 0 aliphatic heterocycles. The summed E-state index contributed by atoms with van der Waals surface area (Å²) in [4.78, 5) is 29.9. The van der Waals surface area contributed by atoms with Crippen LogP contribution in [-0.4, -0.2) is 29.8 Å². The van der Waals surface area contributed by atoms with Crippen LogP contribution in [0.1, 0.15) is 12.8 Å². The van der Waals surface area contributed by atoms with Crippen molar-refractivity contribution < 1.29 is 19.5 Å². The highest BCUT2D eigenvalue weighted by Crippen LogP contribution is 1.93. The first-order valence-electron chi connectivity index (χ1n) is 3.08. The Balaban J connectivity index is 3.77.